The number of carbonyl (C=O) groups excluding carboxylic acids is 1. The van der Waals surface area contributed by atoms with E-state index in [1.165, 1.54) is 6.39 Å². The van der Waals surface area contributed by atoms with Crippen molar-refractivity contribution in [2.24, 2.45) is 0 Å². The number of carbonyl (C=O) groups is 1. The fourth-order valence-electron chi connectivity index (χ4n) is 3.33. The van der Waals surface area contributed by atoms with Crippen molar-refractivity contribution in [3.63, 3.8) is 0 Å². The summed E-state index contributed by atoms with van der Waals surface area (Å²) in [7, 11) is 0. The first kappa shape index (κ1) is 20.4. The molecule has 2 aromatic carbocycles. The number of rotatable bonds is 8. The maximum absolute atomic E-state index is 12.9. The Morgan fingerprint density at radius 3 is 2.72 bits per heavy atom. The molecule has 0 fully saturated rings. The first-order chi connectivity index (χ1) is 14.0. The lowest BCUT2D eigenvalue weighted by Crippen LogP contribution is -2.24. The number of nitrogens with zero attached hydrogens (tertiary/aromatic N) is 2. The van der Waals surface area contributed by atoms with Crippen LogP contribution >= 0.6 is 0 Å². The molecule has 0 spiro atoms. The fraction of sp³-hybridized carbons (Fsp3) is 0.318. The van der Waals surface area contributed by atoms with Crippen LogP contribution in [0.15, 0.2) is 41.1 Å². The van der Waals surface area contributed by atoms with Gasteiger partial charge in [-0.3, -0.25) is 4.79 Å². The van der Waals surface area contributed by atoms with E-state index in [0.717, 1.165) is 24.8 Å². The molecule has 29 heavy (non-hydrogen) atoms. The van der Waals surface area contributed by atoms with Gasteiger partial charge in [-0.15, -0.1) is 10.2 Å². The molecule has 0 saturated carbocycles. The number of aryl methyl sites for hydroxylation is 2. The van der Waals surface area contributed by atoms with Crippen LogP contribution in [0, 0.1) is 6.92 Å². The van der Waals surface area contributed by atoms with Gasteiger partial charge in [-0.25, -0.2) is 0 Å². The lowest BCUT2D eigenvalue weighted by atomic mass is 9.92. The first-order valence-electron chi connectivity index (χ1n) is 9.69. The Labute approximate surface area is 169 Å². The predicted octanol–water partition coefficient (Wildman–Crippen LogP) is 4.12. The highest BCUT2D eigenvalue weighted by molar-refractivity contribution is 6.01. The molecule has 1 amide bonds. The molecule has 0 aliphatic rings. The van der Waals surface area contributed by atoms with Crippen LogP contribution in [-0.4, -0.2) is 26.3 Å². The van der Waals surface area contributed by atoms with Crippen LogP contribution in [0.1, 0.15) is 53.6 Å². The number of nitrogens with one attached hydrogen (secondary N) is 1. The maximum Gasteiger partial charge on any atom is 0.255 e. The standard InChI is InChI=1S/C22H25N3O4/c1-3-4-5-8-16-11-17(26)19(15-9-6-7-14(2)10-15)21(27)20(16)22(28)23-12-18-25-24-13-29-18/h6-7,9-11,13,26-27H,3-5,8,12H2,1-2H3,(H,23,28). The second-order valence-electron chi connectivity index (χ2n) is 7.00. The van der Waals surface area contributed by atoms with Crippen LogP contribution in [0.2, 0.25) is 0 Å². The number of aromatic hydroxyl groups is 2. The molecule has 7 heteroatoms. The van der Waals surface area contributed by atoms with Crippen LogP contribution in [0.4, 0.5) is 0 Å². The summed E-state index contributed by atoms with van der Waals surface area (Å²) in [5.74, 6) is -0.470. The van der Waals surface area contributed by atoms with E-state index >= 15 is 0 Å². The van der Waals surface area contributed by atoms with Gasteiger partial charge in [0.25, 0.3) is 5.91 Å². The molecule has 152 valence electrons. The van der Waals surface area contributed by atoms with E-state index < -0.39 is 5.91 Å². The zero-order valence-electron chi connectivity index (χ0n) is 16.6. The quantitative estimate of drug-likeness (QED) is 0.495. The summed E-state index contributed by atoms with van der Waals surface area (Å²) in [5.41, 5.74) is 2.64. The monoisotopic (exact) mass is 395 g/mol. The van der Waals surface area contributed by atoms with E-state index in [-0.39, 0.29) is 35.1 Å². The lowest BCUT2D eigenvalue weighted by molar-refractivity contribution is 0.0943. The average Bonchev–Trinajstić information content (AvgIpc) is 3.20. The molecule has 7 nitrogen and oxygen atoms in total. The largest absolute Gasteiger partial charge is 0.507 e. The van der Waals surface area contributed by atoms with Gasteiger partial charge in [-0.1, -0.05) is 49.6 Å². The van der Waals surface area contributed by atoms with E-state index in [2.05, 4.69) is 22.4 Å². The van der Waals surface area contributed by atoms with Gasteiger partial charge < -0.3 is 19.9 Å². The van der Waals surface area contributed by atoms with Crippen molar-refractivity contribution in [3.05, 3.63) is 59.3 Å². The molecule has 0 atom stereocenters. The summed E-state index contributed by atoms with van der Waals surface area (Å²) in [6, 6.07) is 8.99. The van der Waals surface area contributed by atoms with Crippen LogP contribution < -0.4 is 5.32 Å². The molecule has 0 bridgehead atoms. The van der Waals surface area contributed by atoms with E-state index in [4.69, 9.17) is 4.42 Å². The Bertz CT molecular complexity index is 984. The van der Waals surface area contributed by atoms with Crippen LogP contribution in [0.5, 0.6) is 11.5 Å². The molecule has 0 aliphatic heterocycles. The van der Waals surface area contributed by atoms with Crippen molar-refractivity contribution in [1.29, 1.82) is 0 Å². The number of hydrogen-bond acceptors (Lipinski definition) is 6. The van der Waals surface area contributed by atoms with Gasteiger partial charge in [0.05, 0.1) is 17.7 Å². The normalized spacial score (nSPS) is 10.8. The highest BCUT2D eigenvalue weighted by Gasteiger charge is 2.24. The van der Waals surface area contributed by atoms with E-state index in [9.17, 15) is 15.0 Å². The van der Waals surface area contributed by atoms with Gasteiger partial charge >= 0.3 is 0 Å². The minimum Gasteiger partial charge on any atom is -0.507 e. The Morgan fingerprint density at radius 1 is 1.21 bits per heavy atom. The third-order valence-electron chi connectivity index (χ3n) is 4.75. The summed E-state index contributed by atoms with van der Waals surface area (Å²) in [6.45, 7) is 4.07. The highest BCUT2D eigenvalue weighted by atomic mass is 16.4. The molecule has 0 saturated heterocycles. The summed E-state index contributed by atoms with van der Waals surface area (Å²) in [4.78, 5) is 12.9. The van der Waals surface area contributed by atoms with Crippen molar-refractivity contribution >= 4 is 5.91 Å². The number of amides is 1. The maximum atomic E-state index is 12.9. The molecule has 3 aromatic rings. The summed E-state index contributed by atoms with van der Waals surface area (Å²) >= 11 is 0. The Morgan fingerprint density at radius 2 is 2.03 bits per heavy atom. The number of unbranched alkanes of at least 4 members (excludes halogenated alkanes) is 2. The number of benzene rings is 2. The summed E-state index contributed by atoms with van der Waals surface area (Å²) in [6.07, 6.45) is 4.63. The topological polar surface area (TPSA) is 108 Å². The van der Waals surface area contributed by atoms with E-state index in [1.807, 2.05) is 25.1 Å². The third-order valence-corrected chi connectivity index (χ3v) is 4.75. The molecule has 3 N–H and O–H groups in total. The molecule has 0 radical (unpaired) electrons. The predicted molar refractivity (Wildman–Crippen MR) is 109 cm³/mol. The van der Waals surface area contributed by atoms with Crippen molar-refractivity contribution in [3.8, 4) is 22.6 Å². The Hall–Kier alpha value is -3.35. The zero-order chi connectivity index (χ0) is 20.8. The SMILES string of the molecule is CCCCCc1cc(O)c(-c2cccc(C)c2)c(O)c1C(=O)NCc1nnco1. The number of phenolic OH excluding ortho intramolecular Hbond substituents is 2. The second-order valence-corrected chi connectivity index (χ2v) is 7.00. The van der Waals surface area contributed by atoms with Gasteiger partial charge in [0.15, 0.2) is 0 Å². The minimum atomic E-state index is -0.457. The smallest absolute Gasteiger partial charge is 0.255 e. The van der Waals surface area contributed by atoms with Crippen molar-refractivity contribution in [1.82, 2.24) is 15.5 Å². The van der Waals surface area contributed by atoms with Crippen molar-refractivity contribution in [2.75, 3.05) is 0 Å². The van der Waals surface area contributed by atoms with Gasteiger partial charge in [-0.05, 0) is 37.0 Å². The zero-order valence-corrected chi connectivity index (χ0v) is 16.6. The second kappa shape index (κ2) is 9.23. The molecule has 1 heterocycles. The number of aromatic nitrogens is 2. The molecule has 3 rings (SSSR count). The van der Waals surface area contributed by atoms with Crippen molar-refractivity contribution < 1.29 is 19.4 Å². The van der Waals surface area contributed by atoms with Gasteiger partial charge in [0.2, 0.25) is 12.3 Å². The van der Waals surface area contributed by atoms with E-state index in [1.54, 1.807) is 12.1 Å². The fourth-order valence-corrected chi connectivity index (χ4v) is 3.33. The lowest BCUT2D eigenvalue weighted by Gasteiger charge is -2.17. The molecule has 0 unspecified atom stereocenters. The van der Waals surface area contributed by atoms with Gasteiger partial charge in [0.1, 0.15) is 11.5 Å². The Kier molecular flexibility index (Phi) is 6.49. The molecule has 1 aromatic heterocycles. The Balaban J connectivity index is 2.01. The third kappa shape index (κ3) is 4.74. The van der Waals surface area contributed by atoms with Crippen LogP contribution in [-0.2, 0) is 13.0 Å². The average molecular weight is 395 g/mol. The number of phenols is 2. The summed E-state index contributed by atoms with van der Waals surface area (Å²) in [5, 5.41) is 31.7. The number of hydrogen-bond donors (Lipinski definition) is 3. The van der Waals surface area contributed by atoms with Crippen molar-refractivity contribution in [2.45, 2.75) is 46.1 Å². The van der Waals surface area contributed by atoms with Crippen LogP contribution in [0.3, 0.4) is 0 Å². The molecule has 0 aliphatic carbocycles. The summed E-state index contributed by atoms with van der Waals surface area (Å²) < 4.78 is 5.05. The first-order valence-corrected chi connectivity index (χ1v) is 9.69. The van der Waals surface area contributed by atoms with Gasteiger partial charge in [0, 0.05) is 0 Å². The molecular weight excluding hydrogens is 370 g/mol. The van der Waals surface area contributed by atoms with Crippen LogP contribution in [0.25, 0.3) is 11.1 Å². The highest BCUT2D eigenvalue weighted by Crippen LogP contribution is 2.42. The van der Waals surface area contributed by atoms with E-state index in [0.29, 0.717) is 17.5 Å². The van der Waals surface area contributed by atoms with Gasteiger partial charge in [-0.2, -0.15) is 0 Å². The minimum absolute atomic E-state index is 0.0481. The molecular formula is C22H25N3O4.